The molecule has 0 aliphatic carbocycles. The molecule has 0 fully saturated rings. The molecule has 0 radical (unpaired) electrons. The minimum Gasteiger partial charge on any atom is -0.355 e. The van der Waals surface area contributed by atoms with Crippen LogP contribution in [0.25, 0.3) is 0 Å². The molecule has 0 aliphatic rings. The van der Waals surface area contributed by atoms with Gasteiger partial charge in [0, 0.05) is 19.7 Å². The number of nitrogens with one attached hydrogen (secondary N) is 1. The summed E-state index contributed by atoms with van der Waals surface area (Å²) in [6, 6.07) is 19.8. The summed E-state index contributed by atoms with van der Waals surface area (Å²) in [6.45, 7) is 0.781. The largest absolute Gasteiger partial charge is 0.355 e. The summed E-state index contributed by atoms with van der Waals surface area (Å²) in [7, 11) is 2.01. The van der Waals surface area contributed by atoms with Gasteiger partial charge in [-0.2, -0.15) is 0 Å². The molecule has 3 aromatic rings. The Bertz CT molecular complexity index is 777. The number of para-hydroxylation sites is 1. The Morgan fingerprint density at radius 2 is 1.74 bits per heavy atom. The molecule has 2 aromatic carbocycles. The average molecular weight is 325 g/mol. The summed E-state index contributed by atoms with van der Waals surface area (Å²) in [5, 5.41) is 3.88. The van der Waals surface area contributed by atoms with E-state index in [2.05, 4.69) is 32.3 Å². The van der Waals surface area contributed by atoms with Crippen molar-refractivity contribution in [3.8, 4) is 0 Å². The molecule has 0 saturated carbocycles. The van der Waals surface area contributed by atoms with Gasteiger partial charge in [0.1, 0.15) is 18.0 Å². The monoisotopic (exact) mass is 324 g/mol. The molecule has 4 nitrogen and oxygen atoms in total. The molecule has 116 valence electrons. The Hall–Kier alpha value is -2.59. The zero-order valence-electron chi connectivity index (χ0n) is 12.8. The van der Waals surface area contributed by atoms with Gasteiger partial charge in [-0.1, -0.05) is 54.1 Å². The van der Waals surface area contributed by atoms with Crippen molar-refractivity contribution in [2.75, 3.05) is 17.3 Å². The highest BCUT2D eigenvalue weighted by molar-refractivity contribution is 6.33. The molecule has 5 heteroatoms. The topological polar surface area (TPSA) is 41.0 Å². The summed E-state index contributed by atoms with van der Waals surface area (Å²) in [5.74, 6) is 1.56. The molecule has 0 atom stereocenters. The van der Waals surface area contributed by atoms with Gasteiger partial charge in [0.25, 0.3) is 0 Å². The van der Waals surface area contributed by atoms with Crippen LogP contribution in [0.15, 0.2) is 67.0 Å². The zero-order chi connectivity index (χ0) is 16.1. The fourth-order valence-corrected chi connectivity index (χ4v) is 2.45. The highest BCUT2D eigenvalue weighted by Gasteiger charge is 2.06. The molecule has 3 rings (SSSR count). The van der Waals surface area contributed by atoms with E-state index in [-0.39, 0.29) is 0 Å². The van der Waals surface area contributed by atoms with Crippen molar-refractivity contribution >= 4 is 28.9 Å². The van der Waals surface area contributed by atoms with Crippen LogP contribution < -0.4 is 10.2 Å². The Kier molecular flexibility index (Phi) is 4.74. The molecule has 0 amide bonds. The van der Waals surface area contributed by atoms with Crippen LogP contribution in [-0.2, 0) is 6.54 Å². The fourth-order valence-electron chi connectivity index (χ4n) is 2.26. The Labute approximate surface area is 140 Å². The Morgan fingerprint density at radius 1 is 1.00 bits per heavy atom. The molecule has 1 aromatic heterocycles. The van der Waals surface area contributed by atoms with Gasteiger partial charge in [0.2, 0.25) is 0 Å². The van der Waals surface area contributed by atoms with Gasteiger partial charge in [-0.05, 0) is 17.7 Å². The molecular weight excluding hydrogens is 308 g/mol. The SMILES string of the molecule is CN(Cc1ccccc1)c1cc(Nc2ccccc2Cl)ncn1. The van der Waals surface area contributed by atoms with Gasteiger partial charge in [-0.3, -0.25) is 0 Å². The molecule has 0 unspecified atom stereocenters. The van der Waals surface area contributed by atoms with E-state index in [4.69, 9.17) is 11.6 Å². The minimum absolute atomic E-state index is 0.658. The highest BCUT2D eigenvalue weighted by atomic mass is 35.5. The lowest BCUT2D eigenvalue weighted by Crippen LogP contribution is -2.17. The minimum atomic E-state index is 0.658. The van der Waals surface area contributed by atoms with Gasteiger partial charge in [-0.25, -0.2) is 9.97 Å². The predicted molar refractivity (Wildman–Crippen MR) is 95.3 cm³/mol. The summed E-state index contributed by atoms with van der Waals surface area (Å²) in [5.41, 5.74) is 2.05. The lowest BCUT2D eigenvalue weighted by Gasteiger charge is -2.18. The number of hydrogen-bond acceptors (Lipinski definition) is 4. The van der Waals surface area contributed by atoms with Gasteiger partial charge in [0.15, 0.2) is 0 Å². The second-order valence-electron chi connectivity index (χ2n) is 5.21. The van der Waals surface area contributed by atoms with Crippen LogP contribution in [0.1, 0.15) is 5.56 Å². The van der Waals surface area contributed by atoms with Crippen molar-refractivity contribution in [1.82, 2.24) is 9.97 Å². The van der Waals surface area contributed by atoms with Crippen LogP contribution in [0.3, 0.4) is 0 Å². The van der Waals surface area contributed by atoms with Crippen molar-refractivity contribution in [2.45, 2.75) is 6.54 Å². The summed E-state index contributed by atoms with van der Waals surface area (Å²) in [6.07, 6.45) is 1.55. The predicted octanol–water partition coefficient (Wildman–Crippen LogP) is 4.51. The lowest BCUT2D eigenvalue weighted by molar-refractivity contribution is 0.892. The van der Waals surface area contributed by atoms with Crippen molar-refractivity contribution in [1.29, 1.82) is 0 Å². The van der Waals surface area contributed by atoms with Gasteiger partial charge in [0.05, 0.1) is 10.7 Å². The van der Waals surface area contributed by atoms with Crippen LogP contribution in [0.4, 0.5) is 17.3 Å². The molecule has 1 N–H and O–H groups in total. The van der Waals surface area contributed by atoms with E-state index in [1.54, 1.807) is 6.33 Å². The van der Waals surface area contributed by atoms with E-state index >= 15 is 0 Å². The highest BCUT2D eigenvalue weighted by Crippen LogP contribution is 2.25. The first-order chi connectivity index (χ1) is 11.2. The van der Waals surface area contributed by atoms with Crippen molar-refractivity contribution < 1.29 is 0 Å². The molecule has 0 aliphatic heterocycles. The van der Waals surface area contributed by atoms with Gasteiger partial charge < -0.3 is 10.2 Å². The van der Waals surface area contributed by atoms with Crippen LogP contribution in [0, 0.1) is 0 Å². The third-order valence-electron chi connectivity index (χ3n) is 3.44. The van der Waals surface area contributed by atoms with E-state index in [9.17, 15) is 0 Å². The molecule has 0 saturated heterocycles. The third-order valence-corrected chi connectivity index (χ3v) is 3.77. The second kappa shape index (κ2) is 7.11. The van der Waals surface area contributed by atoms with Crippen molar-refractivity contribution in [3.63, 3.8) is 0 Å². The average Bonchev–Trinajstić information content (AvgIpc) is 2.58. The number of hydrogen-bond donors (Lipinski definition) is 1. The van der Waals surface area contributed by atoms with Gasteiger partial charge >= 0.3 is 0 Å². The first-order valence-electron chi connectivity index (χ1n) is 7.31. The maximum absolute atomic E-state index is 6.17. The number of rotatable bonds is 5. The Morgan fingerprint density at radius 3 is 2.52 bits per heavy atom. The quantitative estimate of drug-likeness (QED) is 0.749. The maximum atomic E-state index is 6.17. The fraction of sp³-hybridized carbons (Fsp3) is 0.111. The van der Waals surface area contributed by atoms with E-state index in [0.29, 0.717) is 10.8 Å². The number of halogens is 1. The normalized spacial score (nSPS) is 10.3. The van der Waals surface area contributed by atoms with Crippen LogP contribution in [0.2, 0.25) is 5.02 Å². The lowest BCUT2D eigenvalue weighted by atomic mass is 10.2. The maximum Gasteiger partial charge on any atom is 0.135 e. The number of nitrogens with zero attached hydrogens (tertiary/aromatic N) is 3. The first kappa shape index (κ1) is 15.3. The number of aromatic nitrogens is 2. The Balaban J connectivity index is 1.76. The smallest absolute Gasteiger partial charge is 0.135 e. The molecular formula is C18H17ClN4. The van der Waals surface area contributed by atoms with Crippen LogP contribution >= 0.6 is 11.6 Å². The van der Waals surface area contributed by atoms with Crippen molar-refractivity contribution in [3.05, 3.63) is 77.6 Å². The standard InChI is InChI=1S/C18H17ClN4/c1-23(12-14-7-3-2-4-8-14)18-11-17(20-13-21-18)22-16-10-6-5-9-15(16)19/h2-11,13H,12H2,1H3,(H,20,21,22). The van der Waals surface area contributed by atoms with E-state index in [1.165, 1.54) is 5.56 Å². The molecule has 0 bridgehead atoms. The second-order valence-corrected chi connectivity index (χ2v) is 5.62. The van der Waals surface area contributed by atoms with Gasteiger partial charge in [-0.15, -0.1) is 0 Å². The zero-order valence-corrected chi connectivity index (χ0v) is 13.5. The number of benzene rings is 2. The summed E-state index contributed by atoms with van der Waals surface area (Å²) < 4.78 is 0. The van der Waals surface area contributed by atoms with E-state index < -0.39 is 0 Å². The van der Waals surface area contributed by atoms with Crippen LogP contribution in [-0.4, -0.2) is 17.0 Å². The molecule has 23 heavy (non-hydrogen) atoms. The summed E-state index contributed by atoms with van der Waals surface area (Å²) >= 11 is 6.17. The molecule has 1 heterocycles. The van der Waals surface area contributed by atoms with E-state index in [0.717, 1.165) is 18.1 Å². The number of anilines is 3. The summed E-state index contributed by atoms with van der Waals surface area (Å²) in [4.78, 5) is 10.7. The molecule has 0 spiro atoms. The van der Waals surface area contributed by atoms with E-state index in [1.807, 2.05) is 55.6 Å². The van der Waals surface area contributed by atoms with Crippen LogP contribution in [0.5, 0.6) is 0 Å². The van der Waals surface area contributed by atoms with Crippen molar-refractivity contribution in [2.24, 2.45) is 0 Å². The third kappa shape index (κ3) is 3.99. The first-order valence-corrected chi connectivity index (χ1v) is 7.69.